The Bertz CT molecular complexity index is 1510. The molecule has 0 saturated heterocycles. The lowest BCUT2D eigenvalue weighted by molar-refractivity contribution is -0.120. The third kappa shape index (κ3) is 3.85. The fourth-order valence-electron chi connectivity index (χ4n) is 4.43. The molecule has 3 heterocycles. The number of nitriles is 2. The highest BCUT2D eigenvalue weighted by Gasteiger charge is 2.24. The second kappa shape index (κ2) is 8.77. The van der Waals surface area contributed by atoms with E-state index in [1.54, 1.807) is 10.6 Å². The molecule has 0 bridgehead atoms. The first-order chi connectivity index (χ1) is 16.5. The number of nitrogens with zero attached hydrogens (tertiary/aromatic N) is 6. The topological polar surface area (TPSA) is 99.8 Å². The summed E-state index contributed by atoms with van der Waals surface area (Å²) in [5, 5.41) is 28.1. The number of Topliss-reactive ketones (excluding diaryl/α,β-unsaturated/α-hetero) is 1. The molecular formula is C25H19FN6OS. The van der Waals surface area contributed by atoms with Gasteiger partial charge < -0.3 is 0 Å². The predicted molar refractivity (Wildman–Crippen MR) is 124 cm³/mol. The number of hydrogen-bond donors (Lipinski definition) is 0. The largest absolute Gasteiger partial charge is 0.300 e. The van der Waals surface area contributed by atoms with Crippen molar-refractivity contribution in [2.45, 2.75) is 48.4 Å². The van der Waals surface area contributed by atoms with Crippen LogP contribution in [0.4, 0.5) is 4.39 Å². The lowest BCUT2D eigenvalue weighted by atomic mass is 9.94. The molecule has 34 heavy (non-hydrogen) atoms. The highest BCUT2D eigenvalue weighted by Crippen LogP contribution is 2.38. The summed E-state index contributed by atoms with van der Waals surface area (Å²) in [6.45, 7) is 2.01. The van der Waals surface area contributed by atoms with Crippen molar-refractivity contribution in [2.75, 3.05) is 0 Å². The van der Waals surface area contributed by atoms with Crippen molar-refractivity contribution < 1.29 is 9.18 Å². The van der Waals surface area contributed by atoms with Crippen LogP contribution in [-0.4, -0.2) is 25.2 Å². The van der Waals surface area contributed by atoms with Crippen LogP contribution in [0.25, 0.3) is 16.6 Å². The van der Waals surface area contributed by atoms with E-state index < -0.39 is 5.82 Å². The van der Waals surface area contributed by atoms with E-state index >= 15 is 0 Å². The molecule has 9 heteroatoms. The first kappa shape index (κ1) is 21.9. The van der Waals surface area contributed by atoms with Crippen LogP contribution < -0.4 is 0 Å². The zero-order chi connectivity index (χ0) is 23.8. The van der Waals surface area contributed by atoms with Crippen molar-refractivity contribution in [3.8, 4) is 23.3 Å². The van der Waals surface area contributed by atoms with E-state index in [0.717, 1.165) is 34.6 Å². The number of pyridine rings is 1. The van der Waals surface area contributed by atoms with Crippen LogP contribution in [0.5, 0.6) is 0 Å². The number of aromatic nitrogens is 4. The summed E-state index contributed by atoms with van der Waals surface area (Å²) >= 11 is 1.30. The van der Waals surface area contributed by atoms with Crippen molar-refractivity contribution in [3.63, 3.8) is 0 Å². The molecule has 0 amide bonds. The molecule has 168 valence electrons. The molecule has 1 aliphatic rings. The Morgan fingerprint density at radius 1 is 1.06 bits per heavy atom. The molecule has 4 aromatic rings. The van der Waals surface area contributed by atoms with E-state index in [1.807, 2.05) is 36.1 Å². The van der Waals surface area contributed by atoms with Crippen molar-refractivity contribution in [2.24, 2.45) is 0 Å². The summed E-state index contributed by atoms with van der Waals surface area (Å²) in [5.74, 6) is -0.174. The smallest absolute Gasteiger partial charge is 0.133 e. The minimum Gasteiger partial charge on any atom is -0.300 e. The molecule has 0 atom stereocenters. The van der Waals surface area contributed by atoms with Gasteiger partial charge >= 0.3 is 0 Å². The normalized spacial score (nSPS) is 14.3. The van der Waals surface area contributed by atoms with E-state index in [9.17, 15) is 19.7 Å². The van der Waals surface area contributed by atoms with Crippen molar-refractivity contribution in [3.05, 3.63) is 65.5 Å². The second-order valence-corrected chi connectivity index (χ2v) is 9.35. The van der Waals surface area contributed by atoms with E-state index in [1.165, 1.54) is 30.1 Å². The number of ketones is 1. The highest BCUT2D eigenvalue weighted by atomic mass is 32.2. The van der Waals surface area contributed by atoms with Crippen LogP contribution in [0.2, 0.25) is 0 Å². The summed E-state index contributed by atoms with van der Waals surface area (Å²) in [4.78, 5) is 13.0. The Kier molecular flexibility index (Phi) is 5.64. The first-order valence-electron chi connectivity index (χ1n) is 10.8. The van der Waals surface area contributed by atoms with Gasteiger partial charge in [0.15, 0.2) is 0 Å². The minimum absolute atomic E-state index is 0.191. The van der Waals surface area contributed by atoms with E-state index in [-0.39, 0.29) is 11.6 Å². The minimum atomic E-state index is -0.477. The molecule has 0 radical (unpaired) electrons. The molecule has 7 nitrogen and oxygen atoms in total. The highest BCUT2D eigenvalue weighted by molar-refractivity contribution is 7.99. The maximum Gasteiger partial charge on any atom is 0.133 e. The number of benzene rings is 1. The van der Waals surface area contributed by atoms with Gasteiger partial charge in [0.05, 0.1) is 35.1 Å². The summed E-state index contributed by atoms with van der Waals surface area (Å²) in [6.07, 6.45) is 7.91. The Morgan fingerprint density at radius 2 is 1.82 bits per heavy atom. The van der Waals surface area contributed by atoms with Gasteiger partial charge in [-0.05, 0) is 44.0 Å². The van der Waals surface area contributed by atoms with Gasteiger partial charge in [-0.25, -0.2) is 8.91 Å². The lowest BCUT2D eigenvalue weighted by Crippen LogP contribution is -2.19. The Morgan fingerprint density at radius 3 is 2.56 bits per heavy atom. The number of halogens is 1. The van der Waals surface area contributed by atoms with E-state index in [2.05, 4.69) is 16.3 Å². The Labute approximate surface area is 199 Å². The number of carbonyl (C=O) groups is 1. The third-order valence-electron chi connectivity index (χ3n) is 6.19. The van der Waals surface area contributed by atoms with Gasteiger partial charge in [0.1, 0.15) is 23.7 Å². The Hall–Kier alpha value is -3.95. The van der Waals surface area contributed by atoms with E-state index in [4.69, 9.17) is 0 Å². The van der Waals surface area contributed by atoms with Crippen LogP contribution in [-0.2, 0) is 4.79 Å². The summed E-state index contributed by atoms with van der Waals surface area (Å²) in [5.41, 5.74) is 4.03. The van der Waals surface area contributed by atoms with Crippen LogP contribution in [0.3, 0.4) is 0 Å². The molecule has 0 unspecified atom stereocenters. The predicted octanol–water partition coefficient (Wildman–Crippen LogP) is 5.22. The SMILES string of the molecule is Cc1c(-c2cc(Sc3ccc(F)cc3C#N)c3c(C#N)cnn3c2)cnn1C1CCC(=O)CC1. The number of rotatable bonds is 4. The van der Waals surface area contributed by atoms with Gasteiger partial charge in [0, 0.05) is 45.7 Å². The Balaban J connectivity index is 1.60. The fourth-order valence-corrected chi connectivity index (χ4v) is 5.51. The maximum absolute atomic E-state index is 13.7. The van der Waals surface area contributed by atoms with Crippen LogP contribution in [0, 0.1) is 35.4 Å². The van der Waals surface area contributed by atoms with Gasteiger partial charge in [-0.15, -0.1) is 0 Å². The lowest BCUT2D eigenvalue weighted by Gasteiger charge is -2.22. The van der Waals surface area contributed by atoms with Gasteiger partial charge in [-0.3, -0.25) is 9.48 Å². The van der Waals surface area contributed by atoms with Gasteiger partial charge in [0.25, 0.3) is 0 Å². The number of hydrogen-bond acceptors (Lipinski definition) is 6. The van der Waals surface area contributed by atoms with Crippen molar-refractivity contribution in [1.29, 1.82) is 10.5 Å². The molecule has 0 N–H and O–H groups in total. The average Bonchev–Trinajstić information content (AvgIpc) is 3.44. The number of carbonyl (C=O) groups excluding carboxylic acids is 1. The number of fused-ring (bicyclic) bond motifs is 1. The van der Waals surface area contributed by atoms with Gasteiger partial charge in [-0.1, -0.05) is 11.8 Å². The van der Waals surface area contributed by atoms with Crippen LogP contribution >= 0.6 is 11.8 Å². The quantitative estimate of drug-likeness (QED) is 0.405. The zero-order valence-electron chi connectivity index (χ0n) is 18.3. The van der Waals surface area contributed by atoms with Crippen molar-refractivity contribution >= 4 is 23.1 Å². The summed E-state index contributed by atoms with van der Waals surface area (Å²) in [7, 11) is 0. The fraction of sp³-hybridized carbons (Fsp3) is 0.240. The third-order valence-corrected chi connectivity index (χ3v) is 7.30. The molecule has 1 saturated carbocycles. The molecular weight excluding hydrogens is 451 g/mol. The molecule has 1 fully saturated rings. The van der Waals surface area contributed by atoms with Gasteiger partial charge in [0.2, 0.25) is 0 Å². The maximum atomic E-state index is 13.7. The summed E-state index contributed by atoms with van der Waals surface area (Å²) < 4.78 is 17.3. The zero-order valence-corrected chi connectivity index (χ0v) is 19.1. The van der Waals surface area contributed by atoms with Crippen LogP contribution in [0.15, 0.2) is 52.6 Å². The molecule has 0 spiro atoms. The monoisotopic (exact) mass is 470 g/mol. The molecule has 0 aliphatic heterocycles. The average molecular weight is 471 g/mol. The standard InChI is InChI=1S/C25H19FN6OS/c1-15-22(13-30-32(15)20-3-5-21(33)6-4-20)17-9-24(25-18(11-28)12-29-31(25)14-17)34-23-7-2-19(26)8-16(23)10-27/h2,7-9,12-14,20H,3-6H2,1H3. The molecule has 5 rings (SSSR count). The summed E-state index contributed by atoms with van der Waals surface area (Å²) in [6, 6.07) is 10.4. The molecule has 3 aromatic heterocycles. The molecule has 1 aromatic carbocycles. The molecule has 1 aliphatic carbocycles. The second-order valence-electron chi connectivity index (χ2n) is 8.27. The van der Waals surface area contributed by atoms with E-state index in [0.29, 0.717) is 34.6 Å². The van der Waals surface area contributed by atoms with Crippen molar-refractivity contribution in [1.82, 2.24) is 19.4 Å². The first-order valence-corrected chi connectivity index (χ1v) is 11.7. The van der Waals surface area contributed by atoms with Crippen LogP contribution in [0.1, 0.15) is 48.5 Å². The van der Waals surface area contributed by atoms with Gasteiger partial charge in [-0.2, -0.15) is 20.7 Å².